The standard InChI is InChI=1S/2C38H46O12/c2*1-45-29-10-25(11-30(18-29)46-2)20-49-7-5-6-27(8-23-14-33(39)37(43)34(40)15-23)28(9-24-16-35(41)38(44)36(42)17-24)22-50-21-26-12-31(47-3)19-32(13-26)48-4/h2*10-19,27-28,39-44H,5-9,20-22H2,1-4H3/t2*27-,28+/m10/s1. The molecule has 0 heterocycles. The zero-order valence-corrected chi connectivity index (χ0v) is 57.4. The van der Waals surface area contributed by atoms with E-state index in [0.717, 1.165) is 22.3 Å². The third kappa shape index (κ3) is 22.8. The SMILES string of the molecule is COc1cc(COCCC[C@@H](Cc2cc(O)c(O)c(O)c2)[C@@H](COCc2cc(OC)cc(OC)c2)Cc2cc(O)c(O)c(O)c2)cc(OC)c1.COc1cc(COCCC[C@H](Cc2cc(O)c(O)c(O)c2)[C@H](COCc2cc(OC)cc(OC)c2)Cc2cc(O)c(O)c(O)c2)cc(OC)c1. The Morgan fingerprint density at radius 3 is 0.620 bits per heavy atom. The molecule has 100 heavy (non-hydrogen) atoms. The highest BCUT2D eigenvalue weighted by atomic mass is 16.5. The van der Waals surface area contributed by atoms with Crippen LogP contribution in [0.5, 0.6) is 115 Å². The van der Waals surface area contributed by atoms with E-state index < -0.39 is 69.0 Å². The third-order valence-corrected chi connectivity index (χ3v) is 17.0. The van der Waals surface area contributed by atoms with E-state index in [-0.39, 0.29) is 50.1 Å². The highest BCUT2D eigenvalue weighted by molar-refractivity contribution is 5.54. The lowest BCUT2D eigenvalue weighted by Crippen LogP contribution is -2.25. The zero-order valence-electron chi connectivity index (χ0n) is 57.4. The molecule has 0 aliphatic rings. The Kier molecular flexibility index (Phi) is 29.3. The predicted molar refractivity (Wildman–Crippen MR) is 370 cm³/mol. The van der Waals surface area contributed by atoms with Gasteiger partial charge in [0, 0.05) is 37.5 Å². The number of phenols is 12. The van der Waals surface area contributed by atoms with Crippen LogP contribution in [-0.4, -0.2) is 145 Å². The Morgan fingerprint density at radius 1 is 0.230 bits per heavy atom. The molecule has 4 atom stereocenters. The van der Waals surface area contributed by atoms with Crippen LogP contribution in [0.1, 0.15) is 70.2 Å². The van der Waals surface area contributed by atoms with Crippen LogP contribution < -0.4 is 37.9 Å². The van der Waals surface area contributed by atoms with Gasteiger partial charge in [0.15, 0.2) is 69.0 Å². The zero-order chi connectivity index (χ0) is 72.4. The quantitative estimate of drug-likeness (QED) is 0.0126. The molecule has 0 unspecified atom stereocenters. The molecule has 12 N–H and O–H groups in total. The number of phenolic OH excluding ortho intramolecular Hbond substituents is 12. The Balaban J connectivity index is 0.000000281. The average molecular weight is 1390 g/mol. The van der Waals surface area contributed by atoms with Gasteiger partial charge in [-0.3, -0.25) is 0 Å². The summed E-state index contributed by atoms with van der Waals surface area (Å²) in [5.41, 5.74) is 5.75. The van der Waals surface area contributed by atoms with Gasteiger partial charge in [-0.25, -0.2) is 0 Å². The first-order valence-corrected chi connectivity index (χ1v) is 32.2. The van der Waals surface area contributed by atoms with Crippen LogP contribution in [-0.2, 0) is 71.1 Å². The lowest BCUT2D eigenvalue weighted by Gasteiger charge is -2.28. The lowest BCUT2D eigenvalue weighted by atomic mass is 9.80. The summed E-state index contributed by atoms with van der Waals surface area (Å²) in [6.07, 6.45) is 3.97. The van der Waals surface area contributed by atoms with Crippen molar-refractivity contribution in [2.75, 3.05) is 83.3 Å². The summed E-state index contributed by atoms with van der Waals surface area (Å²) < 4.78 is 67.6. The van der Waals surface area contributed by atoms with E-state index in [1.807, 2.05) is 48.5 Å². The summed E-state index contributed by atoms with van der Waals surface area (Å²) in [4.78, 5) is 0. The fraction of sp³-hybridized carbons (Fsp3) is 0.368. The Labute approximate surface area is 581 Å². The summed E-state index contributed by atoms with van der Waals surface area (Å²) in [6.45, 7) is 2.45. The van der Waals surface area contributed by atoms with E-state index in [4.69, 9.17) is 56.8 Å². The van der Waals surface area contributed by atoms with Crippen LogP contribution in [0.3, 0.4) is 0 Å². The van der Waals surface area contributed by atoms with Crippen molar-refractivity contribution in [2.45, 2.75) is 77.8 Å². The highest BCUT2D eigenvalue weighted by Crippen LogP contribution is 2.43. The van der Waals surface area contributed by atoms with Crippen molar-refractivity contribution in [1.82, 2.24) is 0 Å². The van der Waals surface area contributed by atoms with Crippen LogP contribution in [0.2, 0.25) is 0 Å². The van der Waals surface area contributed by atoms with Gasteiger partial charge in [0.2, 0.25) is 0 Å². The van der Waals surface area contributed by atoms with Crippen molar-refractivity contribution in [3.8, 4) is 115 Å². The van der Waals surface area contributed by atoms with Crippen molar-refractivity contribution in [3.05, 3.63) is 166 Å². The van der Waals surface area contributed by atoms with E-state index in [1.54, 1.807) is 81.1 Å². The van der Waals surface area contributed by atoms with Gasteiger partial charge in [0.25, 0.3) is 0 Å². The minimum atomic E-state index is -0.606. The molecule has 540 valence electrons. The van der Waals surface area contributed by atoms with Gasteiger partial charge >= 0.3 is 0 Å². The molecular weight excluding hydrogens is 1300 g/mol. The first-order valence-electron chi connectivity index (χ1n) is 32.2. The first kappa shape index (κ1) is 77.0. The molecule has 8 aromatic rings. The Bertz CT molecular complexity index is 3480. The number of methoxy groups -OCH3 is 8. The van der Waals surface area contributed by atoms with Crippen LogP contribution in [0.4, 0.5) is 0 Å². The second-order valence-corrected chi connectivity index (χ2v) is 24.1. The number of hydrogen-bond acceptors (Lipinski definition) is 24. The molecule has 0 amide bonds. The number of benzene rings is 8. The summed E-state index contributed by atoms with van der Waals surface area (Å²) in [5.74, 6) is -1.61. The second kappa shape index (κ2) is 38.1. The minimum Gasteiger partial charge on any atom is -0.504 e. The van der Waals surface area contributed by atoms with Gasteiger partial charge in [-0.2, -0.15) is 0 Å². The smallest absolute Gasteiger partial charge is 0.200 e. The summed E-state index contributed by atoms with van der Waals surface area (Å²) >= 11 is 0. The molecule has 0 bridgehead atoms. The van der Waals surface area contributed by atoms with Gasteiger partial charge in [0.1, 0.15) is 46.0 Å². The minimum absolute atomic E-state index is 0.142. The normalized spacial score (nSPS) is 12.3. The summed E-state index contributed by atoms with van der Waals surface area (Å²) in [5, 5.41) is 122. The lowest BCUT2D eigenvalue weighted by molar-refractivity contribution is 0.0578. The first-order chi connectivity index (χ1) is 48.0. The van der Waals surface area contributed by atoms with Crippen molar-refractivity contribution < 1.29 is 118 Å². The number of ether oxygens (including phenoxy) is 12. The van der Waals surface area contributed by atoms with Gasteiger partial charge in [0.05, 0.1) is 96.5 Å². The maximum Gasteiger partial charge on any atom is 0.200 e. The Hall–Kier alpha value is -10.4. The molecule has 0 aliphatic carbocycles. The number of hydrogen-bond donors (Lipinski definition) is 12. The molecule has 8 rings (SSSR count). The molecule has 0 spiro atoms. The van der Waals surface area contributed by atoms with Gasteiger partial charge in [-0.05, 0) is 217 Å². The molecule has 0 saturated heterocycles. The highest BCUT2D eigenvalue weighted by Gasteiger charge is 2.28. The van der Waals surface area contributed by atoms with Crippen molar-refractivity contribution >= 4 is 0 Å². The molecular formula is C76H92O24. The Morgan fingerprint density at radius 2 is 0.420 bits per heavy atom. The largest absolute Gasteiger partial charge is 0.504 e. The molecule has 0 aliphatic heterocycles. The van der Waals surface area contributed by atoms with Crippen LogP contribution in [0.15, 0.2) is 121 Å². The summed E-state index contributed by atoms with van der Waals surface area (Å²) in [7, 11) is 12.6. The third-order valence-electron chi connectivity index (χ3n) is 17.0. The van der Waals surface area contributed by atoms with E-state index in [1.165, 1.54) is 48.5 Å². The van der Waals surface area contributed by atoms with Gasteiger partial charge < -0.3 is 118 Å². The van der Waals surface area contributed by atoms with E-state index in [0.29, 0.717) is 146 Å². The molecule has 0 saturated carbocycles. The van der Waals surface area contributed by atoms with Crippen molar-refractivity contribution in [3.63, 3.8) is 0 Å². The molecule has 0 radical (unpaired) electrons. The fourth-order valence-electron chi connectivity index (χ4n) is 11.8. The van der Waals surface area contributed by atoms with E-state index in [2.05, 4.69) is 0 Å². The average Bonchev–Trinajstić information content (AvgIpc) is 0.833. The van der Waals surface area contributed by atoms with Crippen LogP contribution in [0, 0.1) is 23.7 Å². The van der Waals surface area contributed by atoms with Gasteiger partial charge in [-0.1, -0.05) is 0 Å². The van der Waals surface area contributed by atoms with Crippen LogP contribution in [0.25, 0.3) is 0 Å². The number of aromatic hydroxyl groups is 12. The maximum absolute atomic E-state index is 10.3. The molecule has 24 nitrogen and oxygen atoms in total. The summed E-state index contributed by atoms with van der Waals surface area (Å²) in [6, 6.07) is 33.2. The van der Waals surface area contributed by atoms with Crippen molar-refractivity contribution in [2.24, 2.45) is 23.7 Å². The van der Waals surface area contributed by atoms with E-state index >= 15 is 0 Å². The molecule has 8 aromatic carbocycles. The van der Waals surface area contributed by atoms with E-state index in [9.17, 15) is 61.3 Å². The topological polar surface area (TPSA) is 354 Å². The second-order valence-electron chi connectivity index (χ2n) is 24.1. The fourth-order valence-corrected chi connectivity index (χ4v) is 11.8. The number of rotatable bonds is 38. The predicted octanol–water partition coefficient (Wildman–Crippen LogP) is 12.4. The van der Waals surface area contributed by atoms with Crippen molar-refractivity contribution in [1.29, 1.82) is 0 Å². The molecule has 24 heteroatoms. The van der Waals surface area contributed by atoms with Gasteiger partial charge in [-0.15, -0.1) is 0 Å². The monoisotopic (exact) mass is 1390 g/mol. The molecule has 0 fully saturated rings. The maximum atomic E-state index is 10.3. The van der Waals surface area contributed by atoms with Crippen LogP contribution >= 0.6 is 0 Å². The molecule has 0 aromatic heterocycles.